The number of rotatable bonds is 2. The van der Waals surface area contributed by atoms with E-state index in [0.717, 1.165) is 23.6 Å². The fraction of sp³-hybridized carbons (Fsp3) is 0.0968. The highest BCUT2D eigenvalue weighted by atomic mass is 16.5. The van der Waals surface area contributed by atoms with E-state index < -0.39 is 5.41 Å². The molecule has 0 fully saturated rings. The summed E-state index contributed by atoms with van der Waals surface area (Å²) < 4.78 is 6.42. The molecule has 0 aromatic heterocycles. The first kappa shape index (κ1) is 19.4. The lowest BCUT2D eigenvalue weighted by atomic mass is 9.67. The number of hydrogen-bond acceptors (Lipinski definition) is 3. The van der Waals surface area contributed by atoms with Gasteiger partial charge in [-0.2, -0.15) is 0 Å². The maximum Gasteiger partial charge on any atom is 0.132 e. The molecule has 7 rings (SSSR count). The SMILES string of the molecule is NCc1cccc(-c2ccc3c(c2)C2(C4=C3C=CCN4)c3ccccc3Oc3ccccc32)c1. The summed E-state index contributed by atoms with van der Waals surface area (Å²) in [6.07, 6.45) is 4.48. The molecule has 0 unspecified atom stereocenters. The van der Waals surface area contributed by atoms with Crippen LogP contribution >= 0.6 is 0 Å². The fourth-order valence-corrected chi connectivity index (χ4v) is 5.91. The average Bonchev–Trinajstić information content (AvgIpc) is 3.19. The molecule has 3 nitrogen and oxygen atoms in total. The molecular formula is C31H24N2O. The van der Waals surface area contributed by atoms with Gasteiger partial charge in [0.1, 0.15) is 11.5 Å². The van der Waals surface area contributed by atoms with Gasteiger partial charge in [-0.05, 0) is 52.1 Å². The number of para-hydroxylation sites is 2. The van der Waals surface area contributed by atoms with Crippen LogP contribution in [0.5, 0.6) is 11.5 Å². The van der Waals surface area contributed by atoms with Gasteiger partial charge in [0.25, 0.3) is 0 Å². The number of allylic oxidation sites excluding steroid dienone is 3. The van der Waals surface area contributed by atoms with E-state index in [2.05, 4.69) is 108 Å². The summed E-state index contributed by atoms with van der Waals surface area (Å²) in [6, 6.07) is 32.3. The molecule has 0 amide bonds. The molecule has 0 bridgehead atoms. The average molecular weight is 441 g/mol. The predicted octanol–water partition coefficient (Wildman–Crippen LogP) is 6.14. The zero-order valence-corrected chi connectivity index (χ0v) is 18.7. The second kappa shape index (κ2) is 7.21. The molecule has 1 aliphatic carbocycles. The van der Waals surface area contributed by atoms with Crippen molar-refractivity contribution >= 4 is 5.57 Å². The summed E-state index contributed by atoms with van der Waals surface area (Å²) in [5.74, 6) is 1.82. The smallest absolute Gasteiger partial charge is 0.132 e. The summed E-state index contributed by atoms with van der Waals surface area (Å²) >= 11 is 0. The first-order valence-corrected chi connectivity index (χ1v) is 11.8. The van der Waals surface area contributed by atoms with Crippen LogP contribution in [0.25, 0.3) is 16.7 Å². The van der Waals surface area contributed by atoms with E-state index in [9.17, 15) is 0 Å². The number of fused-ring (bicyclic) bond motifs is 8. The lowest BCUT2D eigenvalue weighted by molar-refractivity contribution is 0.429. The zero-order valence-electron chi connectivity index (χ0n) is 18.7. The molecule has 1 spiro atoms. The maximum absolute atomic E-state index is 6.42. The molecule has 0 saturated carbocycles. The van der Waals surface area contributed by atoms with Crippen LogP contribution < -0.4 is 15.8 Å². The molecule has 0 saturated heterocycles. The monoisotopic (exact) mass is 440 g/mol. The highest BCUT2D eigenvalue weighted by molar-refractivity contribution is 5.93. The Labute approximate surface area is 199 Å². The Hall–Kier alpha value is -4.08. The third kappa shape index (κ3) is 2.50. The summed E-state index contributed by atoms with van der Waals surface area (Å²) in [4.78, 5) is 0. The zero-order chi connectivity index (χ0) is 22.7. The second-order valence-corrected chi connectivity index (χ2v) is 9.08. The van der Waals surface area contributed by atoms with Gasteiger partial charge >= 0.3 is 0 Å². The molecule has 0 radical (unpaired) electrons. The van der Waals surface area contributed by atoms with E-state index in [4.69, 9.17) is 10.5 Å². The fourth-order valence-electron chi connectivity index (χ4n) is 5.91. The molecule has 3 aliphatic rings. The Bertz CT molecular complexity index is 1480. The summed E-state index contributed by atoms with van der Waals surface area (Å²) in [7, 11) is 0. The van der Waals surface area contributed by atoms with E-state index in [1.807, 2.05) is 0 Å². The van der Waals surface area contributed by atoms with E-state index >= 15 is 0 Å². The molecule has 3 heteroatoms. The third-order valence-corrected chi connectivity index (χ3v) is 7.34. The Morgan fingerprint density at radius 1 is 0.765 bits per heavy atom. The van der Waals surface area contributed by atoms with Crippen LogP contribution in [0.3, 0.4) is 0 Å². The van der Waals surface area contributed by atoms with Crippen molar-refractivity contribution in [2.24, 2.45) is 5.73 Å². The van der Waals surface area contributed by atoms with Crippen LogP contribution in [-0.4, -0.2) is 6.54 Å². The van der Waals surface area contributed by atoms with Gasteiger partial charge in [0.2, 0.25) is 0 Å². The number of ether oxygens (including phenoxy) is 1. The van der Waals surface area contributed by atoms with Gasteiger partial charge in [0.05, 0.1) is 5.41 Å². The van der Waals surface area contributed by atoms with Gasteiger partial charge in [-0.1, -0.05) is 78.9 Å². The molecule has 2 aliphatic heterocycles. The number of hydrogen-bond donors (Lipinski definition) is 2. The van der Waals surface area contributed by atoms with Crippen molar-refractivity contribution in [1.82, 2.24) is 5.32 Å². The van der Waals surface area contributed by atoms with Crippen LogP contribution in [0, 0.1) is 0 Å². The minimum atomic E-state index is -0.456. The number of dihydropyridines is 1. The maximum atomic E-state index is 6.42. The second-order valence-electron chi connectivity index (χ2n) is 9.08. The molecule has 0 atom stereocenters. The minimum Gasteiger partial charge on any atom is -0.457 e. The highest BCUT2D eigenvalue weighted by Gasteiger charge is 2.52. The van der Waals surface area contributed by atoms with Gasteiger partial charge < -0.3 is 15.8 Å². The summed E-state index contributed by atoms with van der Waals surface area (Å²) in [5, 5.41) is 3.77. The van der Waals surface area contributed by atoms with Crippen molar-refractivity contribution in [1.29, 1.82) is 0 Å². The standard InChI is InChI=1S/C31H24N2O/c32-19-20-7-5-8-21(17-20)22-14-15-23-24-9-6-16-33-30(24)31(27(23)18-22)25-10-1-3-12-28(25)34-29-13-4-2-11-26(29)31/h1-15,17-18,33H,16,19,32H2. The van der Waals surface area contributed by atoms with Crippen LogP contribution in [0.4, 0.5) is 0 Å². The molecule has 164 valence electrons. The molecule has 2 heterocycles. The van der Waals surface area contributed by atoms with Gasteiger partial charge in [-0.3, -0.25) is 0 Å². The van der Waals surface area contributed by atoms with Crippen molar-refractivity contribution in [3.63, 3.8) is 0 Å². The predicted molar refractivity (Wildman–Crippen MR) is 137 cm³/mol. The molecule has 34 heavy (non-hydrogen) atoms. The summed E-state index contributed by atoms with van der Waals surface area (Å²) in [6.45, 7) is 1.34. The third-order valence-electron chi connectivity index (χ3n) is 7.34. The first-order chi connectivity index (χ1) is 16.8. The van der Waals surface area contributed by atoms with Crippen molar-refractivity contribution < 1.29 is 4.74 Å². The van der Waals surface area contributed by atoms with Crippen molar-refractivity contribution in [2.45, 2.75) is 12.0 Å². The van der Waals surface area contributed by atoms with Gasteiger partial charge in [-0.25, -0.2) is 0 Å². The van der Waals surface area contributed by atoms with Crippen LogP contribution in [-0.2, 0) is 12.0 Å². The van der Waals surface area contributed by atoms with Gasteiger partial charge in [0, 0.05) is 35.5 Å². The molecule has 4 aromatic rings. The van der Waals surface area contributed by atoms with Crippen molar-refractivity contribution in [3.05, 3.63) is 137 Å². The normalized spacial score (nSPS) is 16.3. The summed E-state index contributed by atoms with van der Waals surface area (Å²) in [5.41, 5.74) is 16.4. The molecule has 4 aromatic carbocycles. The van der Waals surface area contributed by atoms with Gasteiger partial charge in [-0.15, -0.1) is 0 Å². The number of nitrogens with two attached hydrogens (primary N) is 1. The lowest BCUT2D eigenvalue weighted by Gasteiger charge is -2.41. The highest BCUT2D eigenvalue weighted by Crippen LogP contribution is 2.61. The van der Waals surface area contributed by atoms with Crippen molar-refractivity contribution in [2.75, 3.05) is 6.54 Å². The Morgan fingerprint density at radius 2 is 1.50 bits per heavy atom. The Morgan fingerprint density at radius 3 is 2.26 bits per heavy atom. The van der Waals surface area contributed by atoms with E-state index in [1.165, 1.54) is 44.7 Å². The van der Waals surface area contributed by atoms with E-state index in [-0.39, 0.29) is 0 Å². The Balaban J connectivity index is 1.58. The molecular weight excluding hydrogens is 416 g/mol. The Kier molecular flexibility index (Phi) is 4.11. The first-order valence-electron chi connectivity index (χ1n) is 11.8. The number of benzene rings is 4. The van der Waals surface area contributed by atoms with E-state index in [1.54, 1.807) is 0 Å². The van der Waals surface area contributed by atoms with Gasteiger partial charge in [0.15, 0.2) is 0 Å². The molecule has 3 N–H and O–H groups in total. The quantitative estimate of drug-likeness (QED) is 0.394. The van der Waals surface area contributed by atoms with Crippen molar-refractivity contribution in [3.8, 4) is 22.6 Å². The van der Waals surface area contributed by atoms with Crippen LogP contribution in [0.2, 0.25) is 0 Å². The minimum absolute atomic E-state index is 0.456. The van der Waals surface area contributed by atoms with E-state index in [0.29, 0.717) is 6.54 Å². The topological polar surface area (TPSA) is 47.3 Å². The number of nitrogens with one attached hydrogen (secondary N) is 1. The van der Waals surface area contributed by atoms with Crippen LogP contribution in [0.15, 0.2) is 109 Å². The largest absolute Gasteiger partial charge is 0.457 e. The van der Waals surface area contributed by atoms with Crippen LogP contribution in [0.1, 0.15) is 27.8 Å². The lowest BCUT2D eigenvalue weighted by Crippen LogP contribution is -2.39.